The van der Waals surface area contributed by atoms with Crippen LogP contribution in [0.1, 0.15) is 10.4 Å². The molecule has 0 N–H and O–H groups in total. The molecule has 1 saturated heterocycles. The molecule has 1 aliphatic heterocycles. The standard InChI is InChI=1S/C13H15NO2/c15-13(12-4-2-1-3-5-12)6-7-14-8-10-16-11-9-14/h1-7H,8-11H2. The molecule has 0 unspecified atom stereocenters. The monoisotopic (exact) mass is 217 g/mol. The maximum atomic E-state index is 11.7. The average Bonchev–Trinajstić information content (AvgIpc) is 2.38. The highest BCUT2D eigenvalue weighted by atomic mass is 16.5. The molecule has 2 rings (SSSR count). The molecule has 3 heteroatoms. The Morgan fingerprint density at radius 2 is 1.88 bits per heavy atom. The Labute approximate surface area is 95.3 Å². The van der Waals surface area contributed by atoms with E-state index in [0.29, 0.717) is 0 Å². The zero-order chi connectivity index (χ0) is 11.2. The zero-order valence-corrected chi connectivity index (χ0v) is 9.13. The summed E-state index contributed by atoms with van der Waals surface area (Å²) in [7, 11) is 0. The molecule has 0 bridgehead atoms. The third kappa shape index (κ3) is 2.94. The van der Waals surface area contributed by atoms with Crippen LogP contribution in [0.25, 0.3) is 0 Å². The van der Waals surface area contributed by atoms with Crippen LogP contribution < -0.4 is 0 Å². The molecule has 16 heavy (non-hydrogen) atoms. The highest BCUT2D eigenvalue weighted by Gasteiger charge is 2.06. The number of morpholine rings is 1. The number of benzene rings is 1. The number of rotatable bonds is 3. The summed E-state index contributed by atoms with van der Waals surface area (Å²) in [5.74, 6) is 0.0482. The van der Waals surface area contributed by atoms with Crippen LogP contribution in [0.2, 0.25) is 0 Å². The lowest BCUT2D eigenvalue weighted by Crippen LogP contribution is -2.32. The SMILES string of the molecule is O=C(C=CN1CCOCC1)c1ccccc1. The van der Waals surface area contributed by atoms with Crippen LogP contribution in [0.4, 0.5) is 0 Å². The van der Waals surface area contributed by atoms with Gasteiger partial charge in [-0.2, -0.15) is 0 Å². The smallest absolute Gasteiger partial charge is 0.187 e. The van der Waals surface area contributed by atoms with Gasteiger partial charge in [0, 0.05) is 30.9 Å². The molecule has 1 aromatic rings. The van der Waals surface area contributed by atoms with E-state index in [1.165, 1.54) is 0 Å². The van der Waals surface area contributed by atoms with Crippen LogP contribution >= 0.6 is 0 Å². The van der Waals surface area contributed by atoms with Gasteiger partial charge < -0.3 is 9.64 Å². The molecule has 1 fully saturated rings. The van der Waals surface area contributed by atoms with Gasteiger partial charge >= 0.3 is 0 Å². The van der Waals surface area contributed by atoms with E-state index in [-0.39, 0.29) is 5.78 Å². The third-order valence-corrected chi connectivity index (χ3v) is 2.54. The number of ketones is 1. The van der Waals surface area contributed by atoms with Crippen molar-refractivity contribution in [1.29, 1.82) is 0 Å². The minimum absolute atomic E-state index is 0.0482. The lowest BCUT2D eigenvalue weighted by atomic mass is 10.1. The Morgan fingerprint density at radius 1 is 1.19 bits per heavy atom. The van der Waals surface area contributed by atoms with Crippen molar-refractivity contribution in [3.63, 3.8) is 0 Å². The highest BCUT2D eigenvalue weighted by Crippen LogP contribution is 2.03. The van der Waals surface area contributed by atoms with Crippen LogP contribution in [-0.2, 0) is 4.74 Å². The molecule has 0 spiro atoms. The minimum atomic E-state index is 0.0482. The van der Waals surface area contributed by atoms with E-state index < -0.39 is 0 Å². The number of hydrogen-bond acceptors (Lipinski definition) is 3. The summed E-state index contributed by atoms with van der Waals surface area (Å²) < 4.78 is 5.23. The minimum Gasteiger partial charge on any atom is -0.378 e. The van der Waals surface area contributed by atoms with Crippen molar-refractivity contribution in [2.75, 3.05) is 26.3 Å². The fraction of sp³-hybridized carbons (Fsp3) is 0.308. The Hall–Kier alpha value is -1.61. The van der Waals surface area contributed by atoms with Crippen molar-refractivity contribution in [3.8, 4) is 0 Å². The number of ether oxygens (including phenoxy) is 1. The van der Waals surface area contributed by atoms with Gasteiger partial charge in [-0.05, 0) is 0 Å². The predicted octanol–water partition coefficient (Wildman–Crippen LogP) is 1.72. The first-order chi connectivity index (χ1) is 7.86. The number of hydrogen-bond donors (Lipinski definition) is 0. The predicted molar refractivity (Wildman–Crippen MR) is 62.3 cm³/mol. The molecule has 0 radical (unpaired) electrons. The zero-order valence-electron chi connectivity index (χ0n) is 9.13. The molecule has 0 atom stereocenters. The Bertz CT molecular complexity index is 367. The van der Waals surface area contributed by atoms with Gasteiger partial charge in [-0.25, -0.2) is 0 Å². The van der Waals surface area contributed by atoms with Gasteiger partial charge in [0.2, 0.25) is 0 Å². The van der Waals surface area contributed by atoms with Gasteiger partial charge in [-0.15, -0.1) is 0 Å². The van der Waals surface area contributed by atoms with Gasteiger partial charge in [0.25, 0.3) is 0 Å². The summed E-state index contributed by atoms with van der Waals surface area (Å²) in [5, 5.41) is 0. The van der Waals surface area contributed by atoms with Crippen LogP contribution in [0.15, 0.2) is 42.6 Å². The van der Waals surface area contributed by atoms with Gasteiger partial charge in [0.15, 0.2) is 5.78 Å². The summed E-state index contributed by atoms with van der Waals surface area (Å²) in [4.78, 5) is 13.8. The van der Waals surface area contributed by atoms with Crippen molar-refractivity contribution in [1.82, 2.24) is 4.90 Å². The van der Waals surface area contributed by atoms with Crippen molar-refractivity contribution in [2.45, 2.75) is 0 Å². The molecule has 0 aromatic heterocycles. The van der Waals surface area contributed by atoms with Crippen molar-refractivity contribution in [2.24, 2.45) is 0 Å². The van der Waals surface area contributed by atoms with E-state index >= 15 is 0 Å². The Balaban J connectivity index is 1.94. The first-order valence-corrected chi connectivity index (χ1v) is 5.45. The Morgan fingerprint density at radius 3 is 2.56 bits per heavy atom. The largest absolute Gasteiger partial charge is 0.378 e. The summed E-state index contributed by atoms with van der Waals surface area (Å²) >= 11 is 0. The van der Waals surface area contributed by atoms with Crippen molar-refractivity contribution in [3.05, 3.63) is 48.2 Å². The second kappa shape index (κ2) is 5.47. The maximum absolute atomic E-state index is 11.7. The second-order valence-electron chi connectivity index (χ2n) is 3.69. The Kier molecular flexibility index (Phi) is 3.72. The third-order valence-electron chi connectivity index (χ3n) is 2.54. The fourth-order valence-electron chi connectivity index (χ4n) is 1.60. The quantitative estimate of drug-likeness (QED) is 0.570. The topological polar surface area (TPSA) is 29.5 Å². The lowest BCUT2D eigenvalue weighted by Gasteiger charge is -2.24. The van der Waals surface area contributed by atoms with E-state index in [0.717, 1.165) is 31.9 Å². The van der Waals surface area contributed by atoms with E-state index in [1.54, 1.807) is 6.08 Å². The molecule has 0 amide bonds. The second-order valence-corrected chi connectivity index (χ2v) is 3.69. The molecule has 84 valence electrons. The van der Waals surface area contributed by atoms with E-state index in [2.05, 4.69) is 4.90 Å². The van der Waals surface area contributed by atoms with Crippen LogP contribution in [-0.4, -0.2) is 37.0 Å². The van der Waals surface area contributed by atoms with Crippen molar-refractivity contribution >= 4 is 5.78 Å². The molecule has 1 aliphatic rings. The first-order valence-electron chi connectivity index (χ1n) is 5.45. The summed E-state index contributed by atoms with van der Waals surface area (Å²) in [5.41, 5.74) is 0.729. The molecule has 0 saturated carbocycles. The lowest BCUT2D eigenvalue weighted by molar-refractivity contribution is 0.0591. The number of carbonyl (C=O) groups is 1. The van der Waals surface area contributed by atoms with Crippen LogP contribution in [0.3, 0.4) is 0 Å². The average molecular weight is 217 g/mol. The molecule has 1 heterocycles. The molecular weight excluding hydrogens is 202 g/mol. The van der Waals surface area contributed by atoms with Crippen LogP contribution in [0, 0.1) is 0 Å². The number of allylic oxidation sites excluding steroid dienone is 1. The van der Waals surface area contributed by atoms with Crippen LogP contribution in [0.5, 0.6) is 0 Å². The maximum Gasteiger partial charge on any atom is 0.187 e. The van der Waals surface area contributed by atoms with Gasteiger partial charge in [-0.3, -0.25) is 4.79 Å². The van der Waals surface area contributed by atoms with E-state index in [9.17, 15) is 4.79 Å². The van der Waals surface area contributed by atoms with E-state index in [4.69, 9.17) is 4.74 Å². The summed E-state index contributed by atoms with van der Waals surface area (Å²) in [6.45, 7) is 3.20. The fourth-order valence-corrected chi connectivity index (χ4v) is 1.60. The summed E-state index contributed by atoms with van der Waals surface area (Å²) in [6.07, 6.45) is 3.48. The molecular formula is C13H15NO2. The van der Waals surface area contributed by atoms with Gasteiger partial charge in [-0.1, -0.05) is 30.3 Å². The number of nitrogens with zero attached hydrogens (tertiary/aromatic N) is 1. The normalized spacial score (nSPS) is 16.6. The first kappa shape index (κ1) is 10.9. The highest BCUT2D eigenvalue weighted by molar-refractivity contribution is 6.04. The number of carbonyl (C=O) groups excluding carboxylic acids is 1. The van der Waals surface area contributed by atoms with Gasteiger partial charge in [0.1, 0.15) is 0 Å². The molecule has 3 nitrogen and oxygen atoms in total. The molecule has 0 aliphatic carbocycles. The molecule has 1 aromatic carbocycles. The van der Waals surface area contributed by atoms with Gasteiger partial charge in [0.05, 0.1) is 13.2 Å². The van der Waals surface area contributed by atoms with Crippen molar-refractivity contribution < 1.29 is 9.53 Å². The summed E-state index contributed by atoms with van der Waals surface area (Å²) in [6, 6.07) is 9.30. The van der Waals surface area contributed by atoms with E-state index in [1.807, 2.05) is 36.5 Å².